The van der Waals surface area contributed by atoms with Crippen molar-refractivity contribution in [2.45, 2.75) is 116 Å². The number of nitrogens with one attached hydrogen (secondary N) is 3. The second-order valence-corrected chi connectivity index (χ2v) is 21.2. The normalized spacial score (nSPS) is 17.8. The number of urea groups is 1. The van der Waals surface area contributed by atoms with E-state index >= 15 is 0 Å². The maximum atomic E-state index is 13.8. The van der Waals surface area contributed by atoms with E-state index in [1.807, 2.05) is 60.7 Å². The highest BCUT2D eigenvalue weighted by molar-refractivity contribution is 7.88. The van der Waals surface area contributed by atoms with Gasteiger partial charge in [0, 0.05) is 11.6 Å². The lowest BCUT2D eigenvalue weighted by molar-refractivity contribution is -0.179. The van der Waals surface area contributed by atoms with Crippen LogP contribution in [0.2, 0.25) is 0 Å². The predicted octanol–water partition coefficient (Wildman–Crippen LogP) is 2.47. The van der Waals surface area contributed by atoms with E-state index in [0.717, 1.165) is 27.0 Å². The number of rotatable bonds is 19. The third-order valence-electron chi connectivity index (χ3n) is 10.00. The number of thiazole rings is 1. The zero-order chi connectivity index (χ0) is 53.5. The molecule has 2 aliphatic rings. The Balaban J connectivity index is 1.19. The summed E-state index contributed by atoms with van der Waals surface area (Å²) in [5, 5.41) is 34.0. The number of likely N-dealkylation sites (tertiary alicyclic amines) is 1. The van der Waals surface area contributed by atoms with Crippen LogP contribution in [0.5, 0.6) is 0 Å². The Morgan fingerprint density at radius 1 is 0.890 bits per heavy atom. The predicted molar refractivity (Wildman–Crippen MR) is 262 cm³/mol. The number of ether oxygens (including phenoxy) is 4. The number of imide groups is 1. The van der Waals surface area contributed by atoms with E-state index in [1.165, 1.54) is 31.5 Å². The van der Waals surface area contributed by atoms with E-state index in [-0.39, 0.29) is 33.8 Å². The van der Waals surface area contributed by atoms with Crippen LogP contribution in [0.15, 0.2) is 87.1 Å². The largest absolute Gasteiger partial charge is 0.457 e. The van der Waals surface area contributed by atoms with E-state index in [0.29, 0.717) is 4.90 Å². The fourth-order valence-corrected chi connectivity index (χ4v) is 8.01. The summed E-state index contributed by atoms with van der Waals surface area (Å²) in [6, 6.07) is 15.5. The lowest BCUT2D eigenvalue weighted by Gasteiger charge is -2.36. The van der Waals surface area contributed by atoms with Gasteiger partial charge < -0.3 is 39.3 Å². The van der Waals surface area contributed by atoms with Gasteiger partial charge in [-0.1, -0.05) is 69.9 Å². The van der Waals surface area contributed by atoms with E-state index < -0.39 is 118 Å². The number of amides is 5. The molecule has 27 heteroatoms. The maximum Gasteiger partial charge on any atom is 0.413 e. The van der Waals surface area contributed by atoms with Crippen LogP contribution in [0.3, 0.4) is 0 Å². The molecule has 5 N–H and O–H groups in total. The molecule has 0 aliphatic carbocycles. The summed E-state index contributed by atoms with van der Waals surface area (Å²) in [6.07, 6.45) is -1.27. The molecule has 2 aromatic heterocycles. The van der Waals surface area contributed by atoms with Crippen LogP contribution in [-0.2, 0) is 68.1 Å². The van der Waals surface area contributed by atoms with Crippen molar-refractivity contribution in [3.63, 3.8) is 0 Å². The van der Waals surface area contributed by atoms with Crippen LogP contribution < -0.4 is 21.0 Å². The highest BCUT2D eigenvalue weighted by Gasteiger charge is 2.45. The van der Waals surface area contributed by atoms with Gasteiger partial charge in [0.2, 0.25) is 5.60 Å². The first kappa shape index (κ1) is 55.1. The number of esters is 1. The number of aliphatic hydroxyl groups excluding tert-OH is 2. The topological polar surface area (TPSA) is 323 Å². The Kier molecular flexibility index (Phi) is 17.2. The van der Waals surface area contributed by atoms with E-state index in [9.17, 15) is 47.4 Å². The molecule has 2 aliphatic heterocycles. The van der Waals surface area contributed by atoms with Crippen LogP contribution in [-0.4, -0.2) is 138 Å². The van der Waals surface area contributed by atoms with Crippen molar-refractivity contribution in [2.75, 3.05) is 18.5 Å². The van der Waals surface area contributed by atoms with Crippen molar-refractivity contribution >= 4 is 74.2 Å². The van der Waals surface area contributed by atoms with E-state index in [1.54, 1.807) is 46.3 Å². The van der Waals surface area contributed by atoms with Crippen LogP contribution in [0, 0.1) is 0 Å². The molecular formula is C46H56N10O15S2. The van der Waals surface area contributed by atoms with E-state index in [4.69, 9.17) is 23.8 Å². The second kappa shape index (κ2) is 22.7. The van der Waals surface area contributed by atoms with Crippen LogP contribution in [0.25, 0.3) is 5.70 Å². The number of oxime groups is 1. The number of aliphatic imine (C=N–C) groups is 1. The van der Waals surface area contributed by atoms with Gasteiger partial charge in [-0.05, 0) is 72.6 Å². The molecule has 1 fully saturated rings. The van der Waals surface area contributed by atoms with Gasteiger partial charge in [-0.25, -0.2) is 28.9 Å². The Bertz CT molecular complexity index is 2940. The summed E-state index contributed by atoms with van der Waals surface area (Å²) in [7, 11) is -5.28. The fraction of sp³-hybridized carbons (Fsp3) is 0.435. The van der Waals surface area contributed by atoms with Gasteiger partial charge in [0.05, 0.1) is 39.0 Å². The first-order chi connectivity index (χ1) is 34.2. The van der Waals surface area contributed by atoms with Crippen molar-refractivity contribution in [1.82, 2.24) is 33.7 Å². The highest BCUT2D eigenvalue weighted by Crippen LogP contribution is 2.25. The summed E-state index contributed by atoms with van der Waals surface area (Å²) in [5.74, 6) is -3.45. The number of carbonyl (C=O) groups is 5. The summed E-state index contributed by atoms with van der Waals surface area (Å²) in [4.78, 5) is 94.3. The number of β-lactam (4-membered cyclic amide) rings is 1. The lowest BCUT2D eigenvalue weighted by Crippen LogP contribution is -2.68. The molecule has 0 saturated carbocycles. The third kappa shape index (κ3) is 14.7. The molecule has 0 radical (unpaired) electrons. The molecule has 4 heterocycles. The van der Waals surface area contributed by atoms with Gasteiger partial charge in [-0.3, -0.25) is 29.4 Å². The first-order valence-corrected chi connectivity index (χ1v) is 24.8. The van der Waals surface area contributed by atoms with Gasteiger partial charge in [0.1, 0.15) is 40.8 Å². The zero-order valence-electron chi connectivity index (χ0n) is 41.0. The second-order valence-electron chi connectivity index (χ2n) is 18.8. The summed E-state index contributed by atoms with van der Waals surface area (Å²) in [5.41, 5.74) is -4.11. The zero-order valence-corrected chi connectivity index (χ0v) is 42.6. The van der Waals surface area contributed by atoms with Crippen molar-refractivity contribution < 1.29 is 66.4 Å². The van der Waals surface area contributed by atoms with Gasteiger partial charge in [-0.2, -0.15) is 8.42 Å². The molecule has 5 amide bonds. The Labute approximate surface area is 423 Å². The minimum atomic E-state index is -5.28. The number of nitrogens with zero attached hydrogens (tertiary/aromatic N) is 7. The highest BCUT2D eigenvalue weighted by atomic mass is 32.2. The average Bonchev–Trinajstić information content (AvgIpc) is 3.91. The lowest BCUT2D eigenvalue weighted by atomic mass is 10.1. The number of carbonyl (C=O) groups excluding carboxylic acids is 5. The molecule has 1 saturated heterocycles. The molecule has 0 bridgehead atoms. The molecule has 2 unspecified atom stereocenters. The minimum absolute atomic E-state index is 0.0291. The number of aliphatic hydroxyl groups is 2. The monoisotopic (exact) mass is 1050 g/mol. The van der Waals surface area contributed by atoms with Crippen LogP contribution in [0.4, 0.5) is 14.7 Å². The SMILES string of the molecule is CC(C)(C)OC(=O)Nc1nc(C(=NOC(C)(C)C(=O)OC(C)(C)C)C(=O)N[C@H]2CN(C(=O)NS(=O)(=O)n3nc(C4=CC(OCc5ccccc5)C(OCc5ccccc5)C=N4)n(C[C@H](O)CO)c3=O)C2=O)cs1. The summed E-state index contributed by atoms with van der Waals surface area (Å²) >= 11 is 0.870. The Morgan fingerprint density at radius 3 is 2.07 bits per heavy atom. The quantitative estimate of drug-likeness (QED) is 0.0390. The number of anilines is 1. The van der Waals surface area contributed by atoms with E-state index in [2.05, 4.69) is 30.9 Å². The number of hydrogen-bond donors (Lipinski definition) is 5. The van der Waals surface area contributed by atoms with Gasteiger partial charge in [0.15, 0.2) is 16.7 Å². The van der Waals surface area contributed by atoms with Crippen molar-refractivity contribution in [3.05, 3.63) is 105 Å². The third-order valence-corrected chi connectivity index (χ3v) is 11.9. The van der Waals surface area contributed by atoms with Gasteiger partial charge in [-0.15, -0.1) is 16.4 Å². The Morgan fingerprint density at radius 2 is 1.49 bits per heavy atom. The van der Waals surface area contributed by atoms with Crippen molar-refractivity contribution in [2.24, 2.45) is 10.1 Å². The summed E-state index contributed by atoms with van der Waals surface area (Å²) in [6.45, 7) is 10.7. The van der Waals surface area contributed by atoms with Gasteiger partial charge >= 0.3 is 34.0 Å². The summed E-state index contributed by atoms with van der Waals surface area (Å²) < 4.78 is 52.8. The molecular weight excluding hydrogens is 997 g/mol. The van der Waals surface area contributed by atoms with Gasteiger partial charge in [0.25, 0.3) is 11.8 Å². The molecule has 0 spiro atoms. The standard InChI is InChI=1S/C46H56N10O15S2/c1-44(2,3)69-39(61)46(7,8)71-52-35(32-26-72-40(49-32)50-42(63)70-45(4,5)6)37(59)48-31-22-55(38(31)60)41(62)53-73(65,66)56-43(64)54(21-29(58)23-57)36(51-56)30-19-33(67-24-27-15-11-9-12-16-27)34(20-47-30)68-25-28-17-13-10-14-18-28/h9-20,26,29,31,33-34,57-58H,21-25H2,1-8H3,(H,48,59)(H,53,62)(H,49,50,63)/t29-,31-,33?,34?/m0/s1. The Hall–Kier alpha value is -7.17. The van der Waals surface area contributed by atoms with Crippen LogP contribution in [0.1, 0.15) is 78.0 Å². The van der Waals surface area contributed by atoms with Crippen molar-refractivity contribution in [3.8, 4) is 0 Å². The molecule has 2 aromatic carbocycles. The van der Waals surface area contributed by atoms with Crippen LogP contribution >= 0.6 is 11.3 Å². The molecule has 4 aromatic rings. The minimum Gasteiger partial charge on any atom is -0.457 e. The molecule has 4 atom stereocenters. The smallest absolute Gasteiger partial charge is 0.413 e. The molecule has 73 heavy (non-hydrogen) atoms. The fourth-order valence-electron chi connectivity index (χ4n) is 6.42. The molecule has 392 valence electrons. The number of hydrogen-bond acceptors (Lipinski definition) is 20. The maximum absolute atomic E-state index is 13.8. The number of benzene rings is 2. The average molecular weight is 1050 g/mol. The first-order valence-electron chi connectivity index (χ1n) is 22.4. The molecule has 6 rings (SSSR count). The number of aromatic nitrogens is 4. The molecule has 25 nitrogen and oxygen atoms in total. The van der Waals surface area contributed by atoms with Crippen molar-refractivity contribution in [1.29, 1.82) is 0 Å².